The lowest BCUT2D eigenvalue weighted by Gasteiger charge is -2.15. The van der Waals surface area contributed by atoms with Crippen molar-refractivity contribution in [2.75, 3.05) is 7.05 Å². The van der Waals surface area contributed by atoms with Gasteiger partial charge in [0.25, 0.3) is 5.91 Å². The lowest BCUT2D eigenvalue weighted by molar-refractivity contribution is 0.0784. The number of amides is 1. The molecule has 0 saturated carbocycles. The smallest absolute Gasteiger partial charge is 0.255 e. The van der Waals surface area contributed by atoms with Crippen molar-refractivity contribution in [2.45, 2.75) is 6.54 Å². The van der Waals surface area contributed by atoms with E-state index in [1.165, 1.54) is 17.2 Å². The second kappa shape index (κ2) is 4.73. The van der Waals surface area contributed by atoms with Crippen molar-refractivity contribution >= 4 is 5.91 Å². The molecule has 0 aliphatic heterocycles. The molecule has 1 amide bonds. The van der Waals surface area contributed by atoms with Crippen molar-refractivity contribution in [3.8, 4) is 0 Å². The Morgan fingerprint density at radius 2 is 2.29 bits per heavy atom. The zero-order chi connectivity index (χ0) is 12.3. The topological polar surface area (TPSA) is 61.9 Å². The average Bonchev–Trinajstić information content (AvgIpc) is 2.80. The first-order valence-electron chi connectivity index (χ1n) is 5.00. The second-order valence-electron chi connectivity index (χ2n) is 3.66. The summed E-state index contributed by atoms with van der Waals surface area (Å²) in [7, 11) is 1.64. The van der Waals surface area contributed by atoms with Gasteiger partial charge < -0.3 is 4.90 Å². The second-order valence-corrected chi connectivity index (χ2v) is 3.66. The lowest BCUT2D eigenvalue weighted by Crippen LogP contribution is -2.26. The summed E-state index contributed by atoms with van der Waals surface area (Å²) in [5, 5.41) is 6.45. The summed E-state index contributed by atoms with van der Waals surface area (Å²) >= 11 is 0. The number of hydrogen-bond donors (Lipinski definition) is 1. The van der Waals surface area contributed by atoms with Gasteiger partial charge in [-0.1, -0.05) is 0 Å². The van der Waals surface area contributed by atoms with Gasteiger partial charge in [-0.05, 0) is 6.07 Å². The largest absolute Gasteiger partial charge is 0.337 e. The number of nitrogens with one attached hydrogen (secondary N) is 1. The minimum Gasteiger partial charge on any atom is -0.337 e. The number of pyridine rings is 1. The van der Waals surface area contributed by atoms with E-state index in [0.717, 1.165) is 11.8 Å². The molecule has 1 N–H and O–H groups in total. The maximum Gasteiger partial charge on any atom is 0.255 e. The molecular weight excluding hydrogens is 223 g/mol. The lowest BCUT2D eigenvalue weighted by atomic mass is 10.2. The summed E-state index contributed by atoms with van der Waals surface area (Å²) in [6, 6.07) is 1.17. The summed E-state index contributed by atoms with van der Waals surface area (Å²) in [6.07, 6.45) is 5.74. The molecule has 0 unspecified atom stereocenters. The van der Waals surface area contributed by atoms with Crippen molar-refractivity contribution in [1.82, 2.24) is 20.1 Å². The first-order chi connectivity index (χ1) is 8.16. The minimum atomic E-state index is -0.521. The standard InChI is InChI=1S/C11H11FN4O/c1-16(7-8-3-14-15-4-8)11(17)9-2-10(12)6-13-5-9/h2-6H,7H2,1H3,(H,14,15). The van der Waals surface area contributed by atoms with Gasteiger partial charge in [0.2, 0.25) is 0 Å². The van der Waals surface area contributed by atoms with Crippen LogP contribution in [0.3, 0.4) is 0 Å². The Kier molecular flexibility index (Phi) is 3.13. The van der Waals surface area contributed by atoms with Crippen LogP contribution in [0.2, 0.25) is 0 Å². The highest BCUT2D eigenvalue weighted by molar-refractivity contribution is 5.93. The van der Waals surface area contributed by atoms with Gasteiger partial charge in [-0.25, -0.2) is 4.39 Å². The predicted molar refractivity (Wildman–Crippen MR) is 58.6 cm³/mol. The maximum atomic E-state index is 12.9. The molecule has 88 valence electrons. The highest BCUT2D eigenvalue weighted by Crippen LogP contribution is 2.07. The molecule has 5 nitrogen and oxygen atoms in total. The zero-order valence-corrected chi connectivity index (χ0v) is 9.22. The summed E-state index contributed by atoms with van der Waals surface area (Å²) in [6.45, 7) is 0.409. The molecule has 0 aliphatic rings. The first-order valence-corrected chi connectivity index (χ1v) is 5.00. The molecule has 2 aromatic rings. The Bertz CT molecular complexity index is 512. The van der Waals surface area contributed by atoms with Gasteiger partial charge in [0.1, 0.15) is 5.82 Å². The van der Waals surface area contributed by atoms with E-state index in [2.05, 4.69) is 15.2 Å². The third-order valence-electron chi connectivity index (χ3n) is 2.27. The first kappa shape index (κ1) is 11.3. The van der Waals surface area contributed by atoms with E-state index < -0.39 is 5.82 Å². The molecular formula is C11H11FN4O. The van der Waals surface area contributed by atoms with Gasteiger partial charge in [-0.15, -0.1) is 0 Å². The number of rotatable bonds is 3. The van der Waals surface area contributed by atoms with Crippen LogP contribution < -0.4 is 0 Å². The highest BCUT2D eigenvalue weighted by Gasteiger charge is 2.13. The Hall–Kier alpha value is -2.24. The van der Waals surface area contributed by atoms with E-state index in [4.69, 9.17) is 0 Å². The van der Waals surface area contributed by atoms with Gasteiger partial charge in [-0.2, -0.15) is 5.10 Å². The number of nitrogens with zero attached hydrogens (tertiary/aromatic N) is 3. The van der Waals surface area contributed by atoms with E-state index in [0.29, 0.717) is 6.54 Å². The molecule has 0 bridgehead atoms. The molecule has 2 heterocycles. The van der Waals surface area contributed by atoms with E-state index in [9.17, 15) is 9.18 Å². The maximum absolute atomic E-state index is 12.9. The summed E-state index contributed by atoms with van der Waals surface area (Å²) in [4.78, 5) is 17.0. The van der Waals surface area contributed by atoms with Crippen molar-refractivity contribution < 1.29 is 9.18 Å². The number of aromatic amines is 1. The molecule has 0 fully saturated rings. The quantitative estimate of drug-likeness (QED) is 0.868. The van der Waals surface area contributed by atoms with E-state index in [1.54, 1.807) is 19.4 Å². The van der Waals surface area contributed by atoms with Crippen molar-refractivity contribution in [1.29, 1.82) is 0 Å². The molecule has 2 aromatic heterocycles. The van der Waals surface area contributed by atoms with Crippen LogP contribution in [0.4, 0.5) is 4.39 Å². The van der Waals surface area contributed by atoms with Gasteiger partial charge in [0.15, 0.2) is 0 Å². The van der Waals surface area contributed by atoms with Crippen molar-refractivity contribution in [2.24, 2.45) is 0 Å². The number of halogens is 1. The van der Waals surface area contributed by atoms with Crippen molar-refractivity contribution in [3.05, 3.63) is 47.8 Å². The average molecular weight is 234 g/mol. The fourth-order valence-corrected chi connectivity index (χ4v) is 1.46. The van der Waals surface area contributed by atoms with Gasteiger partial charge in [0.05, 0.1) is 18.0 Å². The normalized spacial score (nSPS) is 10.2. The minimum absolute atomic E-state index is 0.232. The predicted octanol–water partition coefficient (Wildman–Crippen LogP) is 1.22. The molecule has 0 saturated heterocycles. The Morgan fingerprint density at radius 3 is 2.94 bits per heavy atom. The highest BCUT2D eigenvalue weighted by atomic mass is 19.1. The zero-order valence-electron chi connectivity index (χ0n) is 9.22. The van der Waals surface area contributed by atoms with Crippen LogP contribution in [0.5, 0.6) is 0 Å². The van der Waals surface area contributed by atoms with Crippen LogP contribution in [-0.2, 0) is 6.54 Å². The number of aromatic nitrogens is 3. The summed E-state index contributed by atoms with van der Waals surface area (Å²) < 4.78 is 12.9. The fourth-order valence-electron chi connectivity index (χ4n) is 1.46. The Labute approximate surface area is 97.3 Å². The Balaban J connectivity index is 2.09. The molecule has 0 aromatic carbocycles. The molecule has 0 aliphatic carbocycles. The van der Waals surface area contributed by atoms with Crippen LogP contribution >= 0.6 is 0 Å². The molecule has 2 rings (SSSR count). The van der Waals surface area contributed by atoms with Crippen LogP contribution in [0.15, 0.2) is 30.9 Å². The molecule has 6 heteroatoms. The Morgan fingerprint density at radius 1 is 1.47 bits per heavy atom. The van der Waals surface area contributed by atoms with E-state index in [1.807, 2.05) is 0 Å². The monoisotopic (exact) mass is 234 g/mol. The van der Waals surface area contributed by atoms with Gasteiger partial charge >= 0.3 is 0 Å². The van der Waals surface area contributed by atoms with E-state index >= 15 is 0 Å². The molecule has 0 radical (unpaired) electrons. The third kappa shape index (κ3) is 2.66. The number of H-pyrrole nitrogens is 1. The van der Waals surface area contributed by atoms with Gasteiger partial charge in [0, 0.05) is 31.5 Å². The van der Waals surface area contributed by atoms with Crippen molar-refractivity contribution in [3.63, 3.8) is 0 Å². The van der Waals surface area contributed by atoms with Gasteiger partial charge in [-0.3, -0.25) is 14.9 Å². The molecule has 0 spiro atoms. The number of hydrogen-bond acceptors (Lipinski definition) is 3. The SMILES string of the molecule is CN(Cc1cn[nH]c1)C(=O)c1cncc(F)c1. The van der Waals surface area contributed by atoms with Crippen LogP contribution in [0, 0.1) is 5.82 Å². The van der Waals surface area contributed by atoms with E-state index in [-0.39, 0.29) is 11.5 Å². The third-order valence-corrected chi connectivity index (χ3v) is 2.27. The molecule has 17 heavy (non-hydrogen) atoms. The van der Waals surface area contributed by atoms with Crippen LogP contribution in [0.1, 0.15) is 15.9 Å². The fraction of sp³-hybridized carbons (Fsp3) is 0.182. The molecule has 0 atom stereocenters. The number of carbonyl (C=O) groups is 1. The number of carbonyl (C=O) groups excluding carboxylic acids is 1. The van der Waals surface area contributed by atoms with Crippen LogP contribution in [0.25, 0.3) is 0 Å². The van der Waals surface area contributed by atoms with Crippen LogP contribution in [-0.4, -0.2) is 33.0 Å². The summed E-state index contributed by atoms with van der Waals surface area (Å²) in [5.74, 6) is -0.800. The summed E-state index contributed by atoms with van der Waals surface area (Å²) in [5.41, 5.74) is 1.11.